The predicted octanol–water partition coefficient (Wildman–Crippen LogP) is 2.53. The number of nitrogens with one attached hydrogen (secondary N) is 1. The summed E-state index contributed by atoms with van der Waals surface area (Å²) in [6.45, 7) is 1.34. The SMILES string of the molecule is Cc1cccc(OCCNCC(F)(F)F)c1. The molecule has 16 heavy (non-hydrogen) atoms. The highest BCUT2D eigenvalue weighted by Gasteiger charge is 2.25. The van der Waals surface area contributed by atoms with Crippen LogP contribution in [0.25, 0.3) is 0 Å². The number of ether oxygens (including phenoxy) is 1. The van der Waals surface area contributed by atoms with E-state index in [1.54, 1.807) is 6.07 Å². The molecule has 0 saturated heterocycles. The summed E-state index contributed by atoms with van der Waals surface area (Å²) in [6, 6.07) is 7.38. The van der Waals surface area contributed by atoms with E-state index in [9.17, 15) is 13.2 Å². The van der Waals surface area contributed by atoms with Gasteiger partial charge in [-0.15, -0.1) is 0 Å². The molecular weight excluding hydrogens is 219 g/mol. The van der Waals surface area contributed by atoms with Gasteiger partial charge in [-0.2, -0.15) is 13.2 Å². The first kappa shape index (κ1) is 12.8. The van der Waals surface area contributed by atoms with E-state index < -0.39 is 12.7 Å². The Hall–Kier alpha value is -1.23. The quantitative estimate of drug-likeness (QED) is 0.789. The van der Waals surface area contributed by atoms with Crippen molar-refractivity contribution in [1.82, 2.24) is 5.32 Å². The van der Waals surface area contributed by atoms with Crippen molar-refractivity contribution in [2.75, 3.05) is 19.7 Å². The van der Waals surface area contributed by atoms with Gasteiger partial charge in [0.15, 0.2) is 0 Å². The Morgan fingerprint density at radius 3 is 2.69 bits per heavy atom. The van der Waals surface area contributed by atoms with E-state index in [1.807, 2.05) is 25.1 Å². The van der Waals surface area contributed by atoms with Gasteiger partial charge in [0.05, 0.1) is 6.54 Å². The average Bonchev–Trinajstić information content (AvgIpc) is 2.15. The molecule has 2 nitrogen and oxygen atoms in total. The van der Waals surface area contributed by atoms with Gasteiger partial charge in [-0.05, 0) is 24.6 Å². The Balaban J connectivity index is 2.17. The molecule has 1 N–H and O–H groups in total. The highest BCUT2D eigenvalue weighted by atomic mass is 19.4. The maximum absolute atomic E-state index is 11.8. The second-order valence-electron chi connectivity index (χ2n) is 3.46. The molecule has 0 spiro atoms. The molecule has 90 valence electrons. The molecule has 0 amide bonds. The minimum Gasteiger partial charge on any atom is -0.492 e. The molecule has 0 aliphatic rings. The number of hydrogen-bond donors (Lipinski definition) is 1. The number of aryl methyl sites for hydroxylation is 1. The van der Waals surface area contributed by atoms with Crippen LogP contribution in [-0.2, 0) is 0 Å². The summed E-state index contributed by atoms with van der Waals surface area (Å²) in [4.78, 5) is 0. The number of halogens is 3. The zero-order chi connectivity index (χ0) is 12.0. The van der Waals surface area contributed by atoms with Crippen LogP contribution in [0.2, 0.25) is 0 Å². The van der Waals surface area contributed by atoms with Crippen molar-refractivity contribution in [3.05, 3.63) is 29.8 Å². The van der Waals surface area contributed by atoms with Crippen molar-refractivity contribution in [1.29, 1.82) is 0 Å². The maximum atomic E-state index is 11.8. The smallest absolute Gasteiger partial charge is 0.401 e. The fraction of sp³-hybridized carbons (Fsp3) is 0.455. The van der Waals surface area contributed by atoms with E-state index in [2.05, 4.69) is 5.32 Å². The highest BCUT2D eigenvalue weighted by Crippen LogP contribution is 2.13. The van der Waals surface area contributed by atoms with Gasteiger partial charge in [-0.3, -0.25) is 0 Å². The lowest BCUT2D eigenvalue weighted by molar-refractivity contribution is -0.124. The van der Waals surface area contributed by atoms with Crippen molar-refractivity contribution in [2.45, 2.75) is 13.1 Å². The van der Waals surface area contributed by atoms with Crippen LogP contribution in [0.4, 0.5) is 13.2 Å². The summed E-state index contributed by atoms with van der Waals surface area (Å²) in [7, 11) is 0. The van der Waals surface area contributed by atoms with Crippen LogP contribution in [0.1, 0.15) is 5.56 Å². The van der Waals surface area contributed by atoms with Gasteiger partial charge in [0.1, 0.15) is 12.4 Å². The maximum Gasteiger partial charge on any atom is 0.401 e. The van der Waals surface area contributed by atoms with Crippen LogP contribution in [0.5, 0.6) is 5.75 Å². The van der Waals surface area contributed by atoms with Gasteiger partial charge < -0.3 is 10.1 Å². The lowest BCUT2D eigenvalue weighted by atomic mass is 10.2. The number of hydrogen-bond acceptors (Lipinski definition) is 2. The minimum atomic E-state index is -4.16. The van der Waals surface area contributed by atoms with Crippen LogP contribution in [0.3, 0.4) is 0 Å². The van der Waals surface area contributed by atoms with E-state index in [-0.39, 0.29) is 13.2 Å². The van der Waals surface area contributed by atoms with Gasteiger partial charge in [0.25, 0.3) is 0 Å². The molecule has 0 atom stereocenters. The Morgan fingerprint density at radius 1 is 1.31 bits per heavy atom. The summed E-state index contributed by atoms with van der Waals surface area (Å²) in [5.74, 6) is 0.675. The highest BCUT2D eigenvalue weighted by molar-refractivity contribution is 5.27. The van der Waals surface area contributed by atoms with Gasteiger partial charge in [0.2, 0.25) is 0 Å². The molecule has 5 heteroatoms. The lowest BCUT2D eigenvalue weighted by Gasteiger charge is -2.09. The first-order valence-corrected chi connectivity index (χ1v) is 4.94. The lowest BCUT2D eigenvalue weighted by Crippen LogP contribution is -2.31. The monoisotopic (exact) mass is 233 g/mol. The van der Waals surface area contributed by atoms with E-state index in [4.69, 9.17) is 4.74 Å². The molecule has 0 unspecified atom stereocenters. The standard InChI is InChI=1S/C11H14F3NO/c1-9-3-2-4-10(7-9)16-6-5-15-8-11(12,13)14/h2-4,7,15H,5-6,8H2,1H3. The van der Waals surface area contributed by atoms with Crippen LogP contribution in [0.15, 0.2) is 24.3 Å². The van der Waals surface area contributed by atoms with Crippen LogP contribution < -0.4 is 10.1 Å². The topological polar surface area (TPSA) is 21.3 Å². The van der Waals surface area contributed by atoms with Crippen molar-refractivity contribution < 1.29 is 17.9 Å². The van der Waals surface area contributed by atoms with Crippen molar-refractivity contribution >= 4 is 0 Å². The van der Waals surface area contributed by atoms with E-state index in [1.165, 1.54) is 0 Å². The normalized spacial score (nSPS) is 11.5. The molecule has 0 aliphatic carbocycles. The Morgan fingerprint density at radius 2 is 2.06 bits per heavy atom. The van der Waals surface area contributed by atoms with E-state index in [0.29, 0.717) is 5.75 Å². The number of rotatable bonds is 5. The summed E-state index contributed by atoms with van der Waals surface area (Å²) >= 11 is 0. The number of benzene rings is 1. The molecule has 0 aliphatic heterocycles. The minimum absolute atomic E-state index is 0.174. The second kappa shape index (κ2) is 5.75. The third-order valence-corrected chi connectivity index (χ3v) is 1.86. The molecule has 0 saturated carbocycles. The third kappa shape index (κ3) is 5.60. The molecule has 1 rings (SSSR count). The predicted molar refractivity (Wildman–Crippen MR) is 55.6 cm³/mol. The first-order valence-electron chi connectivity index (χ1n) is 4.94. The van der Waals surface area contributed by atoms with E-state index in [0.717, 1.165) is 5.56 Å². The molecule has 0 bridgehead atoms. The van der Waals surface area contributed by atoms with Crippen molar-refractivity contribution in [3.8, 4) is 5.75 Å². The molecule has 1 aromatic carbocycles. The summed E-state index contributed by atoms with van der Waals surface area (Å²) in [6.07, 6.45) is -4.16. The average molecular weight is 233 g/mol. The third-order valence-electron chi connectivity index (χ3n) is 1.86. The van der Waals surface area contributed by atoms with Gasteiger partial charge >= 0.3 is 6.18 Å². The van der Waals surface area contributed by atoms with Gasteiger partial charge in [0, 0.05) is 6.54 Å². The fourth-order valence-corrected chi connectivity index (χ4v) is 1.18. The van der Waals surface area contributed by atoms with Crippen molar-refractivity contribution in [3.63, 3.8) is 0 Å². The zero-order valence-corrected chi connectivity index (χ0v) is 8.97. The Kier molecular flexibility index (Phi) is 4.61. The zero-order valence-electron chi connectivity index (χ0n) is 8.97. The molecular formula is C11H14F3NO. The fourth-order valence-electron chi connectivity index (χ4n) is 1.18. The van der Waals surface area contributed by atoms with Gasteiger partial charge in [-0.1, -0.05) is 12.1 Å². The summed E-state index contributed by atoms with van der Waals surface area (Å²) in [5.41, 5.74) is 1.06. The van der Waals surface area contributed by atoms with Crippen molar-refractivity contribution in [2.24, 2.45) is 0 Å². The second-order valence-corrected chi connectivity index (χ2v) is 3.46. The Labute approximate surface area is 92.4 Å². The molecule has 0 fully saturated rings. The molecule has 1 aromatic rings. The first-order chi connectivity index (χ1) is 7.47. The van der Waals surface area contributed by atoms with E-state index >= 15 is 0 Å². The largest absolute Gasteiger partial charge is 0.492 e. The van der Waals surface area contributed by atoms with Crippen LogP contribution >= 0.6 is 0 Å². The number of alkyl halides is 3. The van der Waals surface area contributed by atoms with Crippen LogP contribution in [-0.4, -0.2) is 25.9 Å². The van der Waals surface area contributed by atoms with Crippen LogP contribution in [0, 0.1) is 6.92 Å². The molecule has 0 aromatic heterocycles. The summed E-state index contributed by atoms with van der Waals surface area (Å²) < 4.78 is 40.5. The summed E-state index contributed by atoms with van der Waals surface area (Å²) in [5, 5.41) is 2.26. The molecule has 0 heterocycles. The Bertz CT molecular complexity index is 325. The molecule has 0 radical (unpaired) electrons. The van der Waals surface area contributed by atoms with Gasteiger partial charge in [-0.25, -0.2) is 0 Å².